The van der Waals surface area contributed by atoms with E-state index >= 15 is 0 Å². The van der Waals surface area contributed by atoms with Crippen molar-refractivity contribution in [3.63, 3.8) is 0 Å². The molecule has 0 radical (unpaired) electrons. The smallest absolute Gasteiger partial charge is 0.306 e. The Morgan fingerprint density at radius 2 is 0.636 bits per heavy atom. The minimum atomic E-state index is -1.04. The molecule has 2 unspecified atom stereocenters. The molecule has 14 rings (SSSR count). The fourth-order valence-electron chi connectivity index (χ4n) is 16.3. The van der Waals surface area contributed by atoms with Gasteiger partial charge in [-0.05, 0) is 165 Å². The number of rotatable bonds is 33. The lowest BCUT2D eigenvalue weighted by atomic mass is 9.77. The topological polar surface area (TPSA) is 179 Å². The summed E-state index contributed by atoms with van der Waals surface area (Å²) in [4.78, 5) is 50.3. The summed E-state index contributed by atoms with van der Waals surface area (Å²) in [5, 5.41) is 4.09. The maximum atomic E-state index is 12.6. The zero-order valence-electron chi connectivity index (χ0n) is 63.9. The van der Waals surface area contributed by atoms with E-state index in [1.54, 1.807) is 28.4 Å². The molecule has 0 amide bonds. The van der Waals surface area contributed by atoms with E-state index in [2.05, 4.69) is 125 Å². The number of fused-ring (bicyclic) bond motifs is 16. The molecule has 0 N–H and O–H groups in total. The first-order valence-electron chi connectivity index (χ1n) is 38.2. The van der Waals surface area contributed by atoms with Crippen molar-refractivity contribution < 1.29 is 76.0 Å². The summed E-state index contributed by atoms with van der Waals surface area (Å²) in [6.45, 7) is 9.98. The highest BCUT2D eigenvalue weighted by Crippen LogP contribution is 2.61. The van der Waals surface area contributed by atoms with Crippen molar-refractivity contribution in [3.05, 3.63) is 250 Å². The van der Waals surface area contributed by atoms with E-state index in [0.717, 1.165) is 141 Å². The molecule has 0 saturated carbocycles. The molecule has 110 heavy (non-hydrogen) atoms. The molecule has 566 valence electrons. The lowest BCUT2D eigenvalue weighted by Crippen LogP contribution is -2.35. The Labute approximate surface area is 643 Å². The zero-order chi connectivity index (χ0) is 76.6. The van der Waals surface area contributed by atoms with Gasteiger partial charge in [0, 0.05) is 55.0 Å². The van der Waals surface area contributed by atoms with Crippen LogP contribution in [0.1, 0.15) is 160 Å². The highest BCUT2D eigenvalue weighted by molar-refractivity contribution is 6.10. The van der Waals surface area contributed by atoms with Gasteiger partial charge < -0.3 is 56.8 Å². The first kappa shape index (κ1) is 75.3. The molecule has 2 atom stereocenters. The average Bonchev–Trinajstić information content (AvgIpc) is 1.48. The van der Waals surface area contributed by atoms with Crippen molar-refractivity contribution in [2.24, 2.45) is 0 Å². The molecular formula is C94H94O16. The Bertz CT molecular complexity index is 4790. The fourth-order valence-corrected chi connectivity index (χ4v) is 16.3. The summed E-state index contributed by atoms with van der Waals surface area (Å²) in [5.74, 6) is 3.76. The molecule has 10 aromatic rings. The molecule has 4 aliphatic rings. The molecule has 0 spiro atoms. The molecule has 16 heteroatoms. The van der Waals surface area contributed by atoms with Gasteiger partial charge in [-0.15, -0.1) is 0 Å². The minimum Gasteiger partial charge on any atom is -0.497 e. The molecule has 2 heterocycles. The number of carbonyl (C=O) groups is 4. The number of unbranched alkanes of at least 4 members (excludes halogenated alkanes) is 7. The lowest BCUT2D eigenvalue weighted by molar-refractivity contribution is -0.150. The summed E-state index contributed by atoms with van der Waals surface area (Å²) in [7, 11) is 6.66. The van der Waals surface area contributed by atoms with Gasteiger partial charge in [0.25, 0.3) is 0 Å². The van der Waals surface area contributed by atoms with Crippen molar-refractivity contribution >= 4 is 57.6 Å². The van der Waals surface area contributed by atoms with Crippen LogP contribution in [0.3, 0.4) is 0 Å². The van der Waals surface area contributed by atoms with Crippen LogP contribution in [0.25, 0.3) is 56.0 Å². The second-order valence-corrected chi connectivity index (χ2v) is 29.4. The molecule has 0 bridgehead atoms. The van der Waals surface area contributed by atoms with E-state index in [1.165, 1.54) is 44.5 Å². The Morgan fingerprint density at radius 1 is 0.327 bits per heavy atom. The maximum Gasteiger partial charge on any atom is 0.306 e. The van der Waals surface area contributed by atoms with Crippen molar-refractivity contribution in [2.45, 2.75) is 127 Å². The normalized spacial score (nSPS) is 16.2. The fraction of sp³-hybridized carbons (Fsp3) is 0.319. The summed E-state index contributed by atoms with van der Waals surface area (Å²) in [6, 6.07) is 61.2. The summed E-state index contributed by atoms with van der Waals surface area (Å²) < 4.78 is 71.4. The first-order chi connectivity index (χ1) is 53.5. The monoisotopic (exact) mass is 1480 g/mol. The van der Waals surface area contributed by atoms with Crippen LogP contribution in [0.4, 0.5) is 0 Å². The van der Waals surface area contributed by atoms with E-state index in [4.69, 9.17) is 56.8 Å². The summed E-state index contributed by atoms with van der Waals surface area (Å²) in [6.07, 6.45) is 15.8. The van der Waals surface area contributed by atoms with E-state index in [9.17, 15) is 19.2 Å². The molecule has 2 aliphatic heterocycles. The largest absolute Gasteiger partial charge is 0.497 e. The third-order valence-electron chi connectivity index (χ3n) is 22.0. The molecule has 2 aliphatic carbocycles. The van der Waals surface area contributed by atoms with Gasteiger partial charge in [-0.1, -0.05) is 175 Å². The number of hydrogen-bond donors (Lipinski definition) is 0. The van der Waals surface area contributed by atoms with Crippen LogP contribution < -0.4 is 37.9 Å². The summed E-state index contributed by atoms with van der Waals surface area (Å²) >= 11 is 0. The average molecular weight is 1480 g/mol. The predicted octanol–water partition coefficient (Wildman–Crippen LogP) is 19.7. The predicted molar refractivity (Wildman–Crippen MR) is 426 cm³/mol. The SMILES string of the molecule is COc1ccc(C2(c3ccc(OCCOC(=O)CCC(=O)OCCCCCCCCCCOC(=O)CCC(=O)OCCOc4ccc(C5(c6ccc(OC)cc6)C=Cc6c7c(c8ccc(OC)cc8c6O5)-c5ccccc5C7(C)C)cc4)cc3)C=Cc3c4c(c5ccc(OC)cc5c3O2)-c2ccccc2C4(C)C)cc1. The molecule has 0 saturated heterocycles. The number of benzene rings is 10. The van der Waals surface area contributed by atoms with Gasteiger partial charge in [0.05, 0.1) is 67.3 Å². The van der Waals surface area contributed by atoms with Crippen LogP contribution >= 0.6 is 0 Å². The van der Waals surface area contributed by atoms with E-state index in [1.807, 2.05) is 109 Å². The van der Waals surface area contributed by atoms with Crippen LogP contribution in [-0.4, -0.2) is 92.0 Å². The zero-order valence-corrected chi connectivity index (χ0v) is 63.9. The summed E-state index contributed by atoms with van der Waals surface area (Å²) in [5.41, 5.74) is 12.9. The Morgan fingerprint density at radius 3 is 0.982 bits per heavy atom. The van der Waals surface area contributed by atoms with E-state index in [0.29, 0.717) is 24.7 Å². The maximum absolute atomic E-state index is 12.6. The van der Waals surface area contributed by atoms with Crippen LogP contribution in [0.2, 0.25) is 0 Å². The lowest BCUT2D eigenvalue weighted by Gasteiger charge is -2.38. The van der Waals surface area contributed by atoms with Gasteiger partial charge in [-0.25, -0.2) is 0 Å². The minimum absolute atomic E-state index is 0.0112. The number of hydrogen-bond acceptors (Lipinski definition) is 16. The second kappa shape index (κ2) is 32.7. The third-order valence-corrected chi connectivity index (χ3v) is 22.0. The standard InChI is InChI=1S/C94H94O16/c1-91(2)79-23-17-15-21-73(79)85-71-43-41-69(101-7)59-77(71)89-75(87(85)91)49-51-93(109-89,61-25-33-65(99-5)34-26-61)63-29-37-67(38-30-63)103-55-57-107-83(97)47-45-81(95)105-53-19-13-11-9-10-12-14-20-54-106-82(96)46-48-84(98)108-58-56-104-68-39-31-64(32-40-68)94(62-27-35-66(100-6)36-28-62)52-50-76-88-86(74-22-16-18-24-80(74)92(88,3)4)72-44-42-70(102-8)60-78(72)90(76)110-94/h15-18,21-44,49-52,59-60H,9-14,19-20,45-48,53-58H2,1-8H3. The highest BCUT2D eigenvalue weighted by Gasteiger charge is 2.47. The van der Waals surface area contributed by atoms with Crippen LogP contribution in [0, 0.1) is 0 Å². The number of ether oxygens (including phenoxy) is 12. The van der Waals surface area contributed by atoms with Gasteiger partial charge in [-0.2, -0.15) is 0 Å². The molecule has 16 nitrogen and oxygen atoms in total. The number of methoxy groups -OCH3 is 4. The van der Waals surface area contributed by atoms with Crippen LogP contribution in [0.5, 0.6) is 46.0 Å². The molecular weight excluding hydrogens is 1390 g/mol. The number of carbonyl (C=O) groups excluding carboxylic acids is 4. The molecule has 0 aromatic heterocycles. The van der Waals surface area contributed by atoms with E-state index < -0.39 is 35.1 Å². The van der Waals surface area contributed by atoms with Crippen LogP contribution in [-0.2, 0) is 60.2 Å². The highest BCUT2D eigenvalue weighted by atomic mass is 16.6. The van der Waals surface area contributed by atoms with E-state index in [-0.39, 0.29) is 62.9 Å². The number of esters is 4. The van der Waals surface area contributed by atoms with Gasteiger partial charge >= 0.3 is 23.9 Å². The van der Waals surface area contributed by atoms with Crippen molar-refractivity contribution in [1.82, 2.24) is 0 Å². The Hall–Kier alpha value is -11.5. The molecule has 0 fully saturated rings. The van der Waals surface area contributed by atoms with Crippen molar-refractivity contribution in [1.29, 1.82) is 0 Å². The van der Waals surface area contributed by atoms with Crippen molar-refractivity contribution in [2.75, 3.05) is 68.1 Å². The third kappa shape index (κ3) is 15.1. The van der Waals surface area contributed by atoms with Gasteiger partial charge in [0.15, 0.2) is 11.2 Å². The quantitative estimate of drug-likeness (QED) is 0.0215. The van der Waals surface area contributed by atoms with Crippen molar-refractivity contribution in [3.8, 4) is 68.2 Å². The van der Waals surface area contributed by atoms with Gasteiger partial charge in [-0.3, -0.25) is 19.2 Å². The van der Waals surface area contributed by atoms with Gasteiger partial charge in [0.1, 0.15) is 72.4 Å². The van der Waals surface area contributed by atoms with Crippen LogP contribution in [0.15, 0.2) is 194 Å². The Balaban J connectivity index is 0.455. The van der Waals surface area contributed by atoms with Gasteiger partial charge in [0.2, 0.25) is 0 Å². The molecule has 10 aromatic carbocycles. The first-order valence-corrected chi connectivity index (χ1v) is 38.2. The second-order valence-electron chi connectivity index (χ2n) is 29.4. The Kier molecular flexibility index (Phi) is 22.4.